The first-order valence-electron chi connectivity index (χ1n) is 9.87. The minimum Gasteiger partial charge on any atom is -0.508 e. The maximum atomic E-state index is 11.4. The first-order chi connectivity index (χ1) is 11.9. The van der Waals surface area contributed by atoms with Gasteiger partial charge in [0.15, 0.2) is 0 Å². The lowest BCUT2D eigenvalue weighted by Crippen LogP contribution is -2.45. The second-order valence-corrected chi connectivity index (χ2v) is 10.9. The number of phenols is 2. The van der Waals surface area contributed by atoms with Crippen LogP contribution < -0.4 is 10.9 Å². The Kier molecular flexibility index (Phi) is 4.02. The van der Waals surface area contributed by atoms with E-state index in [1.165, 1.54) is 0 Å². The Morgan fingerprint density at radius 3 is 1.48 bits per heavy atom. The number of fused-ring (bicyclic) bond motifs is 1. The van der Waals surface area contributed by atoms with Gasteiger partial charge in [0.05, 0.1) is 11.2 Å². The number of hydrogen-bond acceptors (Lipinski definition) is 4. The summed E-state index contributed by atoms with van der Waals surface area (Å²) in [5.41, 5.74) is 0.999. The van der Waals surface area contributed by atoms with E-state index in [4.69, 9.17) is 9.31 Å². The number of phenolic OH excluding ortho intramolecular Hbond substituents is 2. The normalized spacial score (nSPS) is 26.2. The fourth-order valence-electron chi connectivity index (χ4n) is 4.74. The maximum Gasteiger partial charge on any atom is 0.498 e. The van der Waals surface area contributed by atoms with Crippen LogP contribution in [0.2, 0.25) is 0 Å². The molecule has 1 aliphatic heterocycles. The second-order valence-electron chi connectivity index (χ2n) is 10.9. The Bertz CT molecular complexity index is 806. The zero-order chi connectivity index (χ0) is 21.0. The molecule has 0 aromatic heterocycles. The molecular weight excluding hydrogens is 338 g/mol. The van der Waals surface area contributed by atoms with Gasteiger partial charge in [0.1, 0.15) is 19.3 Å². The van der Waals surface area contributed by atoms with Crippen molar-refractivity contribution >= 4 is 25.9 Å². The van der Waals surface area contributed by atoms with Crippen LogP contribution in [0.3, 0.4) is 0 Å². The molecule has 0 amide bonds. The van der Waals surface area contributed by atoms with Crippen LogP contribution in [0, 0.1) is 5.41 Å². The molecule has 0 saturated carbocycles. The molecule has 1 saturated heterocycles. The van der Waals surface area contributed by atoms with Gasteiger partial charge in [0.25, 0.3) is 0 Å². The van der Waals surface area contributed by atoms with Crippen LogP contribution >= 0.6 is 0 Å². The Morgan fingerprint density at radius 1 is 0.704 bits per heavy atom. The highest BCUT2D eigenvalue weighted by Crippen LogP contribution is 2.64. The van der Waals surface area contributed by atoms with Crippen LogP contribution in [0.15, 0.2) is 0 Å². The van der Waals surface area contributed by atoms with Crippen molar-refractivity contribution in [1.82, 2.24) is 0 Å². The van der Waals surface area contributed by atoms with Gasteiger partial charge < -0.3 is 19.5 Å². The van der Waals surface area contributed by atoms with Gasteiger partial charge in [-0.15, -0.1) is 0 Å². The summed E-state index contributed by atoms with van der Waals surface area (Å²) in [5, 5.41) is 22.7. The predicted octanol–water partition coefficient (Wildman–Crippen LogP) is 2.25. The average Bonchev–Trinajstić information content (AvgIpc) is 2.75. The molecule has 1 heterocycles. The number of rotatable bonds is 1. The first kappa shape index (κ1) is 20.6. The number of benzene rings is 1. The lowest BCUT2D eigenvalue weighted by molar-refractivity contribution is 0.00578. The van der Waals surface area contributed by atoms with E-state index in [1.54, 1.807) is 0 Å². The summed E-state index contributed by atoms with van der Waals surface area (Å²) in [6.45, 7) is 20.9. The molecule has 1 aliphatic carbocycles. The standard InChI is InChI=1S/C21H34B2O4/c1-17(2)11-12(18(3,4)19(17,5)6)16(25)14(13(22)15(11)24)23-26-20(7,8)21(9,10)27-23/h24-25H,22H2,1-10H3. The largest absolute Gasteiger partial charge is 0.508 e. The van der Waals surface area contributed by atoms with E-state index in [0.29, 0.717) is 10.9 Å². The van der Waals surface area contributed by atoms with Crippen LogP contribution in [0.25, 0.3) is 0 Å². The van der Waals surface area contributed by atoms with Crippen LogP contribution in [-0.4, -0.2) is 36.4 Å². The summed E-state index contributed by atoms with van der Waals surface area (Å²) in [5.74, 6) is 0.443. The molecule has 1 aromatic carbocycles. The summed E-state index contributed by atoms with van der Waals surface area (Å²) in [6.07, 6.45) is 0. The van der Waals surface area contributed by atoms with Gasteiger partial charge in [-0.3, -0.25) is 0 Å². The third-order valence-corrected chi connectivity index (χ3v) is 8.60. The zero-order valence-corrected chi connectivity index (χ0v) is 18.8. The summed E-state index contributed by atoms with van der Waals surface area (Å²) < 4.78 is 12.4. The Labute approximate surface area is 165 Å². The molecule has 4 nitrogen and oxygen atoms in total. The van der Waals surface area contributed by atoms with Gasteiger partial charge in [-0.1, -0.05) is 41.5 Å². The fraction of sp³-hybridized carbons (Fsp3) is 0.714. The van der Waals surface area contributed by atoms with Gasteiger partial charge >= 0.3 is 7.12 Å². The molecule has 1 fully saturated rings. The van der Waals surface area contributed by atoms with Crippen molar-refractivity contribution in [2.45, 2.75) is 91.3 Å². The van der Waals surface area contributed by atoms with Crippen molar-refractivity contribution in [3.05, 3.63) is 11.1 Å². The SMILES string of the molecule is Bc1c(O)c2c(c(O)c1B1OC(C)(C)C(C)(C)O1)C(C)(C)C(C)(C)C2(C)C. The van der Waals surface area contributed by atoms with Crippen LogP contribution in [0.1, 0.15) is 80.4 Å². The van der Waals surface area contributed by atoms with Crippen molar-refractivity contribution < 1.29 is 19.5 Å². The van der Waals surface area contributed by atoms with Gasteiger partial charge in [-0.05, 0) is 49.4 Å². The topological polar surface area (TPSA) is 58.9 Å². The molecule has 0 radical (unpaired) electrons. The lowest BCUT2D eigenvalue weighted by atomic mass is 9.59. The van der Waals surface area contributed by atoms with E-state index < -0.39 is 18.3 Å². The van der Waals surface area contributed by atoms with Gasteiger partial charge in [-0.2, -0.15) is 0 Å². The molecule has 2 N–H and O–H groups in total. The average molecular weight is 372 g/mol. The Morgan fingerprint density at radius 2 is 1.07 bits per heavy atom. The Balaban J connectivity index is 2.31. The number of aromatic hydroxyl groups is 2. The molecular formula is C21H34B2O4. The van der Waals surface area contributed by atoms with E-state index in [-0.39, 0.29) is 27.7 Å². The van der Waals surface area contributed by atoms with Crippen molar-refractivity contribution in [2.75, 3.05) is 0 Å². The van der Waals surface area contributed by atoms with Crippen LogP contribution in [0.4, 0.5) is 0 Å². The van der Waals surface area contributed by atoms with Crippen LogP contribution in [0.5, 0.6) is 11.5 Å². The summed E-state index contributed by atoms with van der Waals surface area (Å²) in [4.78, 5) is 0. The molecule has 0 atom stereocenters. The van der Waals surface area contributed by atoms with Crippen molar-refractivity contribution in [2.24, 2.45) is 5.41 Å². The van der Waals surface area contributed by atoms with E-state index >= 15 is 0 Å². The van der Waals surface area contributed by atoms with Crippen molar-refractivity contribution in [3.8, 4) is 11.5 Å². The monoisotopic (exact) mass is 372 g/mol. The summed E-state index contributed by atoms with van der Waals surface area (Å²) in [6, 6.07) is 0. The van der Waals surface area contributed by atoms with Crippen molar-refractivity contribution in [1.29, 1.82) is 0 Å². The molecule has 0 unspecified atom stereocenters. The van der Waals surface area contributed by atoms with Gasteiger partial charge in [0.2, 0.25) is 0 Å². The minimum atomic E-state index is -0.714. The summed E-state index contributed by atoms with van der Waals surface area (Å²) in [7, 11) is 1.12. The van der Waals surface area contributed by atoms with E-state index in [1.807, 2.05) is 35.5 Å². The smallest absolute Gasteiger partial charge is 0.498 e. The maximum absolute atomic E-state index is 11.4. The highest BCUT2D eigenvalue weighted by molar-refractivity contribution is 6.69. The molecule has 0 bridgehead atoms. The fourth-order valence-corrected chi connectivity index (χ4v) is 4.74. The highest BCUT2D eigenvalue weighted by atomic mass is 16.7. The molecule has 6 heteroatoms. The van der Waals surface area contributed by atoms with E-state index in [0.717, 1.165) is 11.1 Å². The third kappa shape index (κ3) is 2.26. The lowest BCUT2D eigenvalue weighted by Gasteiger charge is -2.44. The van der Waals surface area contributed by atoms with Gasteiger partial charge in [0, 0.05) is 16.6 Å². The molecule has 27 heavy (non-hydrogen) atoms. The molecule has 1 aromatic rings. The summed E-state index contributed by atoms with van der Waals surface area (Å²) >= 11 is 0. The number of hydrogen-bond donors (Lipinski definition) is 2. The molecule has 3 rings (SSSR count). The van der Waals surface area contributed by atoms with E-state index in [9.17, 15) is 10.2 Å². The zero-order valence-electron chi connectivity index (χ0n) is 18.8. The van der Waals surface area contributed by atoms with Gasteiger partial charge in [-0.25, -0.2) is 0 Å². The quantitative estimate of drug-likeness (QED) is 0.587. The van der Waals surface area contributed by atoms with Crippen molar-refractivity contribution in [3.63, 3.8) is 0 Å². The third-order valence-electron chi connectivity index (χ3n) is 8.60. The minimum absolute atomic E-state index is 0.168. The van der Waals surface area contributed by atoms with Crippen LogP contribution in [-0.2, 0) is 20.1 Å². The first-order valence-corrected chi connectivity index (χ1v) is 9.87. The predicted molar refractivity (Wildman–Crippen MR) is 113 cm³/mol. The molecule has 148 valence electrons. The highest BCUT2D eigenvalue weighted by Gasteiger charge is 2.61. The molecule has 0 spiro atoms. The Hall–Kier alpha value is -1.13. The van der Waals surface area contributed by atoms with E-state index in [2.05, 4.69) is 41.5 Å². The molecule has 2 aliphatic rings. The second kappa shape index (κ2) is 5.27.